The number of carbonyl (C=O) groups excluding carboxylic acids is 1. The number of benzene rings is 1. The van der Waals surface area contributed by atoms with Gasteiger partial charge < -0.3 is 15.4 Å². The van der Waals surface area contributed by atoms with Gasteiger partial charge in [-0.1, -0.05) is 25.1 Å². The normalized spacial score (nSPS) is 11.4. The quantitative estimate of drug-likeness (QED) is 0.413. The van der Waals surface area contributed by atoms with Crippen LogP contribution in [0.5, 0.6) is 5.88 Å². The molecular formula is C24H25FN6O2S. The van der Waals surface area contributed by atoms with Crippen LogP contribution in [0.4, 0.5) is 10.2 Å². The molecule has 3 heterocycles. The third-order valence-corrected chi connectivity index (χ3v) is 5.37. The highest BCUT2D eigenvalue weighted by molar-refractivity contribution is 7.59. The maximum atomic E-state index is 14.3. The van der Waals surface area contributed by atoms with Crippen molar-refractivity contribution < 1.29 is 13.9 Å². The molecule has 0 aliphatic heterocycles. The number of nitrogens with one attached hydrogen (secondary N) is 2. The van der Waals surface area contributed by atoms with Crippen LogP contribution in [-0.2, 0) is 0 Å². The summed E-state index contributed by atoms with van der Waals surface area (Å²) in [5.74, 6) is 0.0667. The number of methoxy groups -OCH3 is 1. The lowest BCUT2D eigenvalue weighted by molar-refractivity contribution is 0.0960. The predicted molar refractivity (Wildman–Crippen MR) is 134 cm³/mol. The number of rotatable bonds is 7. The second kappa shape index (κ2) is 10.9. The van der Waals surface area contributed by atoms with E-state index in [-0.39, 0.29) is 25.0 Å². The van der Waals surface area contributed by atoms with Crippen molar-refractivity contribution in [2.45, 2.75) is 12.8 Å². The Morgan fingerprint density at radius 2 is 1.94 bits per heavy atom. The van der Waals surface area contributed by atoms with Crippen LogP contribution in [0.15, 0.2) is 55.1 Å². The molecule has 2 N–H and O–H groups in total. The van der Waals surface area contributed by atoms with Crippen molar-refractivity contribution in [2.24, 2.45) is 0 Å². The summed E-state index contributed by atoms with van der Waals surface area (Å²) in [4.78, 5) is 29.3. The van der Waals surface area contributed by atoms with Gasteiger partial charge in [-0.05, 0) is 11.6 Å². The van der Waals surface area contributed by atoms with E-state index in [0.717, 1.165) is 23.0 Å². The lowest BCUT2D eigenvalue weighted by Crippen LogP contribution is -2.20. The van der Waals surface area contributed by atoms with E-state index in [2.05, 4.69) is 30.6 Å². The fourth-order valence-corrected chi connectivity index (χ4v) is 3.61. The second-order valence-corrected chi connectivity index (χ2v) is 7.46. The number of pyridine rings is 2. The number of nitrogens with zero attached hydrogens (tertiary/aromatic N) is 4. The first-order chi connectivity index (χ1) is 16.0. The van der Waals surface area contributed by atoms with Crippen molar-refractivity contribution in [2.75, 3.05) is 26.0 Å². The van der Waals surface area contributed by atoms with Gasteiger partial charge >= 0.3 is 0 Å². The van der Waals surface area contributed by atoms with E-state index in [1.807, 2.05) is 25.1 Å². The highest BCUT2D eigenvalue weighted by atomic mass is 32.1. The zero-order valence-electron chi connectivity index (χ0n) is 19.0. The van der Waals surface area contributed by atoms with Gasteiger partial charge in [0.15, 0.2) is 5.82 Å². The number of para-hydroxylation sites is 1. The molecule has 4 aromatic rings. The van der Waals surface area contributed by atoms with E-state index < -0.39 is 11.7 Å². The van der Waals surface area contributed by atoms with Crippen molar-refractivity contribution in [3.05, 3.63) is 72.1 Å². The van der Waals surface area contributed by atoms with Crippen molar-refractivity contribution in [3.63, 3.8) is 0 Å². The van der Waals surface area contributed by atoms with E-state index in [1.165, 1.54) is 13.4 Å². The van der Waals surface area contributed by atoms with Gasteiger partial charge in [-0.2, -0.15) is 13.5 Å². The zero-order valence-corrected chi connectivity index (χ0v) is 20.0. The molecule has 0 aliphatic carbocycles. The molecule has 0 bridgehead atoms. The molecule has 0 aliphatic rings. The molecule has 0 fully saturated rings. The Morgan fingerprint density at radius 3 is 2.65 bits per heavy atom. The minimum absolute atomic E-state index is 0. The molecule has 0 spiro atoms. The number of carbonyl (C=O) groups is 1. The van der Waals surface area contributed by atoms with Crippen LogP contribution in [0.2, 0.25) is 0 Å². The third kappa shape index (κ3) is 5.07. The highest BCUT2D eigenvalue weighted by Gasteiger charge is 2.19. The summed E-state index contributed by atoms with van der Waals surface area (Å²) in [6, 6.07) is 10.9. The molecular weight excluding hydrogens is 455 g/mol. The predicted octanol–water partition coefficient (Wildman–Crippen LogP) is 3.92. The van der Waals surface area contributed by atoms with Crippen LogP contribution in [0.25, 0.3) is 22.2 Å². The Labute approximate surface area is 203 Å². The summed E-state index contributed by atoms with van der Waals surface area (Å²) in [5, 5.41) is 6.29. The molecule has 10 heteroatoms. The van der Waals surface area contributed by atoms with E-state index in [1.54, 1.807) is 31.5 Å². The average Bonchev–Trinajstić information content (AvgIpc) is 2.86. The van der Waals surface area contributed by atoms with Crippen LogP contribution in [0, 0.1) is 5.82 Å². The van der Waals surface area contributed by atoms with E-state index in [9.17, 15) is 9.18 Å². The molecule has 176 valence electrons. The van der Waals surface area contributed by atoms with E-state index >= 15 is 0 Å². The number of anilines is 1. The first-order valence-corrected chi connectivity index (χ1v) is 10.4. The van der Waals surface area contributed by atoms with Crippen LogP contribution < -0.4 is 15.4 Å². The summed E-state index contributed by atoms with van der Waals surface area (Å²) < 4.78 is 19.4. The number of hydrogen-bond donors (Lipinski definition) is 2. The fraction of sp³-hybridized carbons (Fsp3) is 0.208. The van der Waals surface area contributed by atoms with Gasteiger partial charge in [-0.25, -0.2) is 19.3 Å². The smallest absolute Gasteiger partial charge is 0.254 e. The number of fused-ring (bicyclic) bond motifs is 1. The first kappa shape index (κ1) is 24.8. The van der Waals surface area contributed by atoms with Crippen molar-refractivity contribution in [1.82, 2.24) is 25.3 Å². The van der Waals surface area contributed by atoms with Crippen LogP contribution in [0.1, 0.15) is 28.8 Å². The molecule has 4 rings (SSSR count). The Bertz CT molecular complexity index is 1300. The first-order valence-electron chi connectivity index (χ1n) is 10.4. The molecule has 0 saturated heterocycles. The molecule has 0 radical (unpaired) electrons. The number of amides is 1. The van der Waals surface area contributed by atoms with Gasteiger partial charge in [-0.3, -0.25) is 9.78 Å². The number of hydrogen-bond acceptors (Lipinski definition) is 7. The third-order valence-electron chi connectivity index (χ3n) is 5.37. The van der Waals surface area contributed by atoms with Gasteiger partial charge in [0.25, 0.3) is 5.91 Å². The summed E-state index contributed by atoms with van der Waals surface area (Å²) in [7, 11) is 3.04. The highest BCUT2D eigenvalue weighted by Crippen LogP contribution is 2.28. The molecule has 1 amide bonds. The van der Waals surface area contributed by atoms with Crippen LogP contribution in [-0.4, -0.2) is 46.5 Å². The molecule has 8 nitrogen and oxygen atoms in total. The molecule has 3 aromatic heterocycles. The summed E-state index contributed by atoms with van der Waals surface area (Å²) in [6.45, 7) is 2.58. The van der Waals surface area contributed by atoms with Crippen molar-refractivity contribution in [3.8, 4) is 17.1 Å². The lowest BCUT2D eigenvalue weighted by Gasteiger charge is -2.17. The van der Waals surface area contributed by atoms with Gasteiger partial charge in [0, 0.05) is 48.8 Å². The standard InChI is InChI=1S/C24H23FN6O2.H2S/c1-14(16-5-4-6-17-22(24(32)26-2)18(25)12-29-23(16)17)10-27-20-9-19(30-13-31-20)15-7-8-21(33-3)28-11-15;/h4-9,11-14H,10H2,1-3H3,(H,26,32)(H,27,30,31);1H2/t14-;/m1./s1. The summed E-state index contributed by atoms with van der Waals surface area (Å²) in [6.07, 6.45) is 4.28. The molecule has 0 saturated carbocycles. The zero-order chi connectivity index (χ0) is 23.4. The Kier molecular flexibility index (Phi) is 7.95. The SMILES string of the molecule is CNC(=O)c1c(F)cnc2c([C@H](C)CNc3cc(-c4ccc(OC)nc4)ncn3)cccc12.S. The van der Waals surface area contributed by atoms with Gasteiger partial charge in [0.2, 0.25) is 5.88 Å². The van der Waals surface area contributed by atoms with Crippen molar-refractivity contribution in [1.29, 1.82) is 0 Å². The molecule has 1 aromatic carbocycles. The molecule has 0 unspecified atom stereocenters. The minimum Gasteiger partial charge on any atom is -0.481 e. The maximum absolute atomic E-state index is 14.3. The number of ether oxygens (including phenoxy) is 1. The van der Waals surface area contributed by atoms with E-state index in [0.29, 0.717) is 29.1 Å². The number of aromatic nitrogens is 4. The summed E-state index contributed by atoms with van der Waals surface area (Å²) in [5.41, 5.74) is 3.07. The van der Waals surface area contributed by atoms with Crippen molar-refractivity contribution >= 4 is 36.1 Å². The number of halogens is 1. The second-order valence-electron chi connectivity index (χ2n) is 7.46. The van der Waals surface area contributed by atoms with Crippen LogP contribution >= 0.6 is 13.5 Å². The largest absolute Gasteiger partial charge is 0.481 e. The summed E-state index contributed by atoms with van der Waals surface area (Å²) >= 11 is 0. The molecule has 1 atom stereocenters. The van der Waals surface area contributed by atoms with Gasteiger partial charge in [0.1, 0.15) is 12.1 Å². The van der Waals surface area contributed by atoms with Gasteiger partial charge in [-0.15, -0.1) is 0 Å². The Hall–Kier alpha value is -3.79. The van der Waals surface area contributed by atoms with Crippen LogP contribution in [0.3, 0.4) is 0 Å². The Balaban J connectivity index is 0.00000324. The van der Waals surface area contributed by atoms with E-state index in [4.69, 9.17) is 4.74 Å². The maximum Gasteiger partial charge on any atom is 0.254 e. The van der Waals surface area contributed by atoms with Gasteiger partial charge in [0.05, 0.1) is 30.1 Å². The topological polar surface area (TPSA) is 102 Å². The minimum atomic E-state index is -0.647. The average molecular weight is 481 g/mol. The molecule has 34 heavy (non-hydrogen) atoms. The fourth-order valence-electron chi connectivity index (χ4n) is 3.61. The monoisotopic (exact) mass is 480 g/mol. The Morgan fingerprint density at radius 1 is 1.12 bits per heavy atom. The lowest BCUT2D eigenvalue weighted by atomic mass is 9.96.